The van der Waals surface area contributed by atoms with Gasteiger partial charge in [0, 0.05) is 10.7 Å². The number of benzene rings is 2. The second-order valence-electron chi connectivity index (χ2n) is 4.41. The number of aromatic carboxylic acids is 1. The lowest BCUT2D eigenvalue weighted by Gasteiger charge is -2.09. The first-order valence-corrected chi connectivity index (χ1v) is 6.74. The van der Waals surface area contributed by atoms with Crippen molar-refractivity contribution in [1.29, 1.82) is 0 Å². The lowest BCUT2D eigenvalue weighted by molar-refractivity contribution is 0.0695. The van der Waals surface area contributed by atoms with Crippen LogP contribution in [0.4, 0.5) is 5.69 Å². The smallest absolute Gasteiger partial charge is 0.336 e. The molecule has 0 aliphatic rings. The van der Waals surface area contributed by atoms with Crippen molar-refractivity contribution in [2.45, 2.75) is 6.92 Å². The van der Waals surface area contributed by atoms with Gasteiger partial charge in [0.2, 0.25) is 0 Å². The first-order chi connectivity index (χ1) is 9.88. The van der Waals surface area contributed by atoms with Crippen LogP contribution in [0.5, 0.6) is 0 Å². The standard InChI is InChI=1S/C15H11Cl2NO3/c1-8-2-4-10(7-11(8)15(20)21)18-14(19)12-6-9(16)3-5-13(12)17/h2-7H,1H3,(H,18,19)(H,20,21). The molecule has 2 rings (SSSR count). The average molecular weight is 324 g/mol. The zero-order valence-electron chi connectivity index (χ0n) is 11.0. The van der Waals surface area contributed by atoms with Gasteiger partial charge < -0.3 is 10.4 Å². The highest BCUT2D eigenvalue weighted by molar-refractivity contribution is 6.36. The third-order valence-corrected chi connectivity index (χ3v) is 3.46. The molecule has 2 aromatic rings. The molecule has 0 radical (unpaired) electrons. The Bertz CT molecular complexity index is 729. The van der Waals surface area contributed by atoms with Gasteiger partial charge in [-0.25, -0.2) is 4.79 Å². The van der Waals surface area contributed by atoms with E-state index in [2.05, 4.69) is 5.32 Å². The van der Waals surface area contributed by atoms with Crippen molar-refractivity contribution in [3.63, 3.8) is 0 Å². The molecule has 0 saturated heterocycles. The lowest BCUT2D eigenvalue weighted by Crippen LogP contribution is -2.13. The van der Waals surface area contributed by atoms with Crippen molar-refractivity contribution < 1.29 is 14.7 Å². The Kier molecular flexibility index (Phi) is 4.50. The molecule has 6 heteroatoms. The summed E-state index contributed by atoms with van der Waals surface area (Å²) >= 11 is 11.8. The van der Waals surface area contributed by atoms with Crippen molar-refractivity contribution in [3.05, 3.63) is 63.1 Å². The van der Waals surface area contributed by atoms with Crippen LogP contribution >= 0.6 is 23.2 Å². The van der Waals surface area contributed by atoms with Crippen LogP contribution in [0.3, 0.4) is 0 Å². The number of anilines is 1. The minimum atomic E-state index is -1.05. The molecule has 108 valence electrons. The number of aryl methyl sites for hydroxylation is 1. The molecule has 0 fully saturated rings. The number of rotatable bonds is 3. The molecule has 0 unspecified atom stereocenters. The molecule has 0 spiro atoms. The number of carbonyl (C=O) groups is 2. The molecular weight excluding hydrogens is 313 g/mol. The Balaban J connectivity index is 2.29. The first kappa shape index (κ1) is 15.4. The summed E-state index contributed by atoms with van der Waals surface area (Å²) in [5.41, 5.74) is 1.34. The molecule has 0 saturated carbocycles. The number of hydrogen-bond donors (Lipinski definition) is 2. The van der Waals surface area contributed by atoms with Crippen molar-refractivity contribution in [2.75, 3.05) is 5.32 Å². The van der Waals surface area contributed by atoms with Crippen LogP contribution in [0, 0.1) is 6.92 Å². The van der Waals surface area contributed by atoms with Gasteiger partial charge >= 0.3 is 5.97 Å². The summed E-state index contributed by atoms with van der Waals surface area (Å²) in [7, 11) is 0. The Hall–Kier alpha value is -2.04. The molecule has 1 amide bonds. The zero-order valence-corrected chi connectivity index (χ0v) is 12.5. The third kappa shape index (κ3) is 3.54. The number of hydrogen-bond acceptors (Lipinski definition) is 2. The van der Waals surface area contributed by atoms with Crippen LogP contribution in [0.25, 0.3) is 0 Å². The predicted molar refractivity (Wildman–Crippen MR) is 82.6 cm³/mol. The Labute approximate surface area is 131 Å². The van der Waals surface area contributed by atoms with Gasteiger partial charge in [-0.15, -0.1) is 0 Å². The van der Waals surface area contributed by atoms with Crippen LogP contribution in [-0.2, 0) is 0 Å². The second kappa shape index (κ2) is 6.16. The number of carboxylic acid groups (broad SMARTS) is 1. The Morgan fingerprint density at radius 3 is 2.43 bits per heavy atom. The summed E-state index contributed by atoms with van der Waals surface area (Å²) in [5.74, 6) is -1.51. The number of nitrogens with one attached hydrogen (secondary N) is 1. The van der Waals surface area contributed by atoms with E-state index < -0.39 is 11.9 Å². The van der Waals surface area contributed by atoms with E-state index in [1.807, 2.05) is 0 Å². The van der Waals surface area contributed by atoms with Gasteiger partial charge in [0.05, 0.1) is 16.1 Å². The SMILES string of the molecule is Cc1ccc(NC(=O)c2cc(Cl)ccc2Cl)cc1C(=O)O. The average Bonchev–Trinajstić information content (AvgIpc) is 2.43. The van der Waals surface area contributed by atoms with Gasteiger partial charge in [-0.3, -0.25) is 4.79 Å². The number of carbonyl (C=O) groups excluding carboxylic acids is 1. The predicted octanol–water partition coefficient (Wildman–Crippen LogP) is 4.25. The highest BCUT2D eigenvalue weighted by Crippen LogP contribution is 2.22. The van der Waals surface area contributed by atoms with Crippen LogP contribution in [0.1, 0.15) is 26.3 Å². The summed E-state index contributed by atoms with van der Waals surface area (Å²) < 4.78 is 0. The minimum absolute atomic E-state index is 0.130. The van der Waals surface area contributed by atoms with E-state index in [9.17, 15) is 9.59 Å². The Morgan fingerprint density at radius 1 is 1.05 bits per heavy atom. The maximum Gasteiger partial charge on any atom is 0.336 e. The topological polar surface area (TPSA) is 66.4 Å². The van der Waals surface area contributed by atoms with E-state index in [1.54, 1.807) is 25.1 Å². The zero-order chi connectivity index (χ0) is 15.6. The molecule has 0 aliphatic heterocycles. The molecule has 0 bridgehead atoms. The molecule has 0 aliphatic carbocycles. The third-order valence-electron chi connectivity index (χ3n) is 2.90. The maximum atomic E-state index is 12.2. The number of amides is 1. The van der Waals surface area contributed by atoms with Gasteiger partial charge in [0.1, 0.15) is 0 Å². The molecule has 0 heterocycles. The highest BCUT2D eigenvalue weighted by Gasteiger charge is 2.13. The van der Waals surface area contributed by atoms with E-state index in [0.29, 0.717) is 16.3 Å². The molecular formula is C15H11Cl2NO3. The molecule has 0 atom stereocenters. The fourth-order valence-corrected chi connectivity index (χ4v) is 2.18. The van der Waals surface area contributed by atoms with Crippen molar-refractivity contribution in [1.82, 2.24) is 0 Å². The maximum absolute atomic E-state index is 12.2. The number of carboxylic acids is 1. The van der Waals surface area contributed by atoms with Gasteiger partial charge in [-0.1, -0.05) is 29.3 Å². The molecule has 2 aromatic carbocycles. The van der Waals surface area contributed by atoms with Crippen LogP contribution in [0.15, 0.2) is 36.4 Å². The summed E-state index contributed by atoms with van der Waals surface area (Å²) in [4.78, 5) is 23.2. The van der Waals surface area contributed by atoms with E-state index >= 15 is 0 Å². The van der Waals surface area contributed by atoms with Crippen LogP contribution in [-0.4, -0.2) is 17.0 Å². The summed E-state index contributed by atoms with van der Waals surface area (Å²) in [5, 5.41) is 12.3. The Morgan fingerprint density at radius 2 is 1.76 bits per heavy atom. The van der Waals surface area contributed by atoms with E-state index in [4.69, 9.17) is 28.3 Å². The molecule has 2 N–H and O–H groups in total. The fourth-order valence-electron chi connectivity index (χ4n) is 1.80. The summed E-state index contributed by atoms with van der Waals surface area (Å²) in [6, 6.07) is 9.20. The van der Waals surface area contributed by atoms with Crippen molar-refractivity contribution >= 4 is 40.8 Å². The highest BCUT2D eigenvalue weighted by atomic mass is 35.5. The molecule has 21 heavy (non-hydrogen) atoms. The van der Waals surface area contributed by atoms with Gasteiger partial charge in [-0.05, 0) is 42.8 Å². The summed E-state index contributed by atoms with van der Waals surface area (Å²) in [6.45, 7) is 1.68. The van der Waals surface area contributed by atoms with E-state index in [1.165, 1.54) is 18.2 Å². The van der Waals surface area contributed by atoms with Gasteiger partial charge in [0.15, 0.2) is 0 Å². The quantitative estimate of drug-likeness (QED) is 0.887. The molecule has 4 nitrogen and oxygen atoms in total. The van der Waals surface area contributed by atoms with Gasteiger partial charge in [-0.2, -0.15) is 0 Å². The normalized spacial score (nSPS) is 10.2. The fraction of sp³-hybridized carbons (Fsp3) is 0.0667. The van der Waals surface area contributed by atoms with Crippen LogP contribution < -0.4 is 5.32 Å². The second-order valence-corrected chi connectivity index (χ2v) is 5.26. The minimum Gasteiger partial charge on any atom is -0.478 e. The van der Waals surface area contributed by atoms with Gasteiger partial charge in [0.25, 0.3) is 5.91 Å². The largest absolute Gasteiger partial charge is 0.478 e. The summed E-state index contributed by atoms with van der Waals surface area (Å²) in [6.07, 6.45) is 0. The lowest BCUT2D eigenvalue weighted by atomic mass is 10.1. The monoisotopic (exact) mass is 323 g/mol. The number of halogens is 2. The van der Waals surface area contributed by atoms with E-state index in [0.717, 1.165) is 0 Å². The first-order valence-electron chi connectivity index (χ1n) is 5.99. The van der Waals surface area contributed by atoms with Crippen molar-refractivity contribution in [2.24, 2.45) is 0 Å². The van der Waals surface area contributed by atoms with E-state index in [-0.39, 0.29) is 16.1 Å². The van der Waals surface area contributed by atoms with Crippen LogP contribution in [0.2, 0.25) is 10.0 Å². The van der Waals surface area contributed by atoms with Crippen molar-refractivity contribution in [3.8, 4) is 0 Å². The molecule has 0 aromatic heterocycles.